The number of hydrogen-bond acceptors (Lipinski definition) is 3. The molecule has 0 amide bonds. The molecule has 0 unspecified atom stereocenters. The van der Waals surface area contributed by atoms with Crippen molar-refractivity contribution in [1.82, 2.24) is 9.38 Å². The Kier molecular flexibility index (Phi) is 2.75. The first-order valence-corrected chi connectivity index (χ1v) is 5.46. The number of pyridine rings is 1. The third-order valence-electron chi connectivity index (χ3n) is 2.76. The summed E-state index contributed by atoms with van der Waals surface area (Å²) in [6, 6.07) is 3.76. The molecule has 0 radical (unpaired) electrons. The van der Waals surface area contributed by atoms with Gasteiger partial charge in [0.2, 0.25) is 0 Å². The minimum Gasteiger partial charge on any atom is -0.476 e. The van der Waals surface area contributed by atoms with Gasteiger partial charge in [-0.3, -0.25) is 0 Å². The van der Waals surface area contributed by atoms with Gasteiger partial charge in [-0.1, -0.05) is 6.92 Å². The number of carboxylic acid groups (broad SMARTS) is 1. The average molecular weight is 233 g/mol. The van der Waals surface area contributed by atoms with Crippen LogP contribution in [0.3, 0.4) is 0 Å². The predicted molar refractivity (Wildman–Crippen MR) is 65.9 cm³/mol. The highest BCUT2D eigenvalue weighted by Crippen LogP contribution is 2.18. The summed E-state index contributed by atoms with van der Waals surface area (Å²) in [5, 5.41) is 9.09. The van der Waals surface area contributed by atoms with Gasteiger partial charge in [-0.2, -0.15) is 0 Å². The molecule has 0 aromatic carbocycles. The number of carboxylic acids is 1. The molecule has 0 fully saturated rings. The summed E-state index contributed by atoms with van der Waals surface area (Å²) in [4.78, 5) is 17.2. The zero-order valence-corrected chi connectivity index (χ0v) is 10.1. The van der Waals surface area contributed by atoms with Crippen LogP contribution in [-0.2, 0) is 6.42 Å². The minimum atomic E-state index is -0.975. The molecule has 2 heterocycles. The Morgan fingerprint density at radius 2 is 2.18 bits per heavy atom. The zero-order valence-electron chi connectivity index (χ0n) is 10.1. The summed E-state index contributed by atoms with van der Waals surface area (Å²) in [7, 11) is 3.89. The van der Waals surface area contributed by atoms with Crippen molar-refractivity contribution >= 4 is 17.3 Å². The molecule has 0 atom stereocenters. The number of anilines is 1. The standard InChI is InChI=1S/C12H15N3O2/c1-4-9-11(12(16)17)13-10-6-5-8(14(2)3)7-15(9)10/h5-7H,4H2,1-3H3,(H,16,17). The molecule has 0 spiro atoms. The van der Waals surface area contributed by atoms with Gasteiger partial charge in [-0.05, 0) is 18.6 Å². The van der Waals surface area contributed by atoms with E-state index < -0.39 is 5.97 Å². The molecule has 2 aromatic rings. The van der Waals surface area contributed by atoms with E-state index in [9.17, 15) is 4.79 Å². The van der Waals surface area contributed by atoms with Gasteiger partial charge in [0.05, 0.1) is 11.4 Å². The molecular formula is C12H15N3O2. The highest BCUT2D eigenvalue weighted by Gasteiger charge is 2.16. The SMILES string of the molecule is CCc1c(C(=O)O)nc2ccc(N(C)C)cn12. The fourth-order valence-electron chi connectivity index (χ4n) is 1.86. The third kappa shape index (κ3) is 1.84. The first kappa shape index (κ1) is 11.4. The van der Waals surface area contributed by atoms with E-state index in [0.717, 1.165) is 11.4 Å². The predicted octanol–water partition coefficient (Wildman–Crippen LogP) is 1.66. The van der Waals surface area contributed by atoms with Gasteiger partial charge in [0, 0.05) is 20.3 Å². The summed E-state index contributed by atoms with van der Waals surface area (Å²) in [6.07, 6.45) is 2.55. The molecule has 0 aliphatic rings. The third-order valence-corrected chi connectivity index (χ3v) is 2.76. The molecule has 0 saturated carbocycles. The molecule has 2 aromatic heterocycles. The van der Waals surface area contributed by atoms with Gasteiger partial charge in [0.25, 0.3) is 0 Å². The summed E-state index contributed by atoms with van der Waals surface area (Å²) in [6.45, 7) is 1.93. The Bertz CT molecular complexity index is 572. The van der Waals surface area contributed by atoms with Gasteiger partial charge in [0.1, 0.15) is 5.65 Å². The second-order valence-electron chi connectivity index (χ2n) is 4.08. The fourth-order valence-corrected chi connectivity index (χ4v) is 1.86. The van der Waals surface area contributed by atoms with Gasteiger partial charge in [0.15, 0.2) is 5.69 Å². The van der Waals surface area contributed by atoms with E-state index in [1.807, 2.05) is 48.6 Å². The van der Waals surface area contributed by atoms with Crippen LogP contribution in [0.1, 0.15) is 23.1 Å². The van der Waals surface area contributed by atoms with Crippen LogP contribution in [-0.4, -0.2) is 34.6 Å². The molecule has 1 N–H and O–H groups in total. The van der Waals surface area contributed by atoms with Crippen LogP contribution in [0.15, 0.2) is 18.3 Å². The van der Waals surface area contributed by atoms with Gasteiger partial charge in [-0.15, -0.1) is 0 Å². The number of aromatic nitrogens is 2. The Hall–Kier alpha value is -2.04. The quantitative estimate of drug-likeness (QED) is 0.876. The molecule has 90 valence electrons. The monoisotopic (exact) mass is 233 g/mol. The van der Waals surface area contributed by atoms with Gasteiger partial charge >= 0.3 is 5.97 Å². The summed E-state index contributed by atoms with van der Waals surface area (Å²) < 4.78 is 1.85. The van der Waals surface area contributed by atoms with Crippen molar-refractivity contribution in [1.29, 1.82) is 0 Å². The molecule has 0 bridgehead atoms. The molecule has 0 aliphatic carbocycles. The lowest BCUT2D eigenvalue weighted by atomic mass is 10.2. The Morgan fingerprint density at radius 1 is 1.47 bits per heavy atom. The van der Waals surface area contributed by atoms with Crippen molar-refractivity contribution < 1.29 is 9.90 Å². The van der Waals surface area contributed by atoms with Crippen LogP contribution in [0.4, 0.5) is 5.69 Å². The smallest absolute Gasteiger partial charge is 0.356 e. The largest absolute Gasteiger partial charge is 0.476 e. The van der Waals surface area contributed by atoms with Crippen molar-refractivity contribution in [2.45, 2.75) is 13.3 Å². The molecule has 5 heteroatoms. The number of aryl methyl sites for hydroxylation is 1. The normalized spacial score (nSPS) is 10.8. The van der Waals surface area contributed by atoms with Crippen LogP contribution in [0.5, 0.6) is 0 Å². The Morgan fingerprint density at radius 3 is 2.71 bits per heavy atom. The molecular weight excluding hydrogens is 218 g/mol. The first-order chi connectivity index (χ1) is 8.04. The fraction of sp³-hybridized carbons (Fsp3) is 0.333. The number of aromatic carboxylic acids is 1. The summed E-state index contributed by atoms with van der Waals surface area (Å²) in [5.74, 6) is -0.975. The zero-order chi connectivity index (χ0) is 12.6. The molecule has 5 nitrogen and oxygen atoms in total. The van der Waals surface area contributed by atoms with E-state index in [4.69, 9.17) is 5.11 Å². The maximum Gasteiger partial charge on any atom is 0.356 e. The number of hydrogen-bond donors (Lipinski definition) is 1. The van der Waals surface area contributed by atoms with E-state index in [1.54, 1.807) is 0 Å². The van der Waals surface area contributed by atoms with Crippen LogP contribution in [0, 0.1) is 0 Å². The molecule has 17 heavy (non-hydrogen) atoms. The van der Waals surface area contributed by atoms with E-state index in [1.165, 1.54) is 0 Å². The lowest BCUT2D eigenvalue weighted by Gasteiger charge is -2.12. The summed E-state index contributed by atoms with van der Waals surface area (Å²) in [5.41, 5.74) is 2.56. The number of rotatable bonds is 3. The van der Waals surface area contributed by atoms with Crippen molar-refractivity contribution in [3.05, 3.63) is 29.7 Å². The first-order valence-electron chi connectivity index (χ1n) is 5.46. The van der Waals surface area contributed by atoms with E-state index >= 15 is 0 Å². The van der Waals surface area contributed by atoms with Crippen molar-refractivity contribution in [2.24, 2.45) is 0 Å². The van der Waals surface area contributed by atoms with E-state index in [2.05, 4.69) is 4.98 Å². The lowest BCUT2D eigenvalue weighted by Crippen LogP contribution is -2.09. The van der Waals surface area contributed by atoms with Gasteiger partial charge < -0.3 is 14.4 Å². The number of imidazole rings is 1. The number of fused-ring (bicyclic) bond motifs is 1. The minimum absolute atomic E-state index is 0.142. The Balaban J connectivity index is 2.71. The second kappa shape index (κ2) is 4.08. The topological polar surface area (TPSA) is 57.8 Å². The van der Waals surface area contributed by atoms with Crippen molar-refractivity contribution in [3.63, 3.8) is 0 Å². The number of nitrogens with zero attached hydrogens (tertiary/aromatic N) is 3. The molecule has 0 aliphatic heterocycles. The lowest BCUT2D eigenvalue weighted by molar-refractivity contribution is 0.0690. The Labute approximate surface area is 99.3 Å². The molecule has 0 saturated heterocycles. The number of carbonyl (C=O) groups is 1. The van der Waals surface area contributed by atoms with E-state index in [0.29, 0.717) is 12.1 Å². The van der Waals surface area contributed by atoms with Crippen LogP contribution < -0.4 is 4.90 Å². The van der Waals surface area contributed by atoms with Crippen LogP contribution >= 0.6 is 0 Å². The average Bonchev–Trinajstić information content (AvgIpc) is 2.66. The highest BCUT2D eigenvalue weighted by molar-refractivity contribution is 5.88. The molecule has 2 rings (SSSR count). The van der Waals surface area contributed by atoms with Gasteiger partial charge in [-0.25, -0.2) is 9.78 Å². The van der Waals surface area contributed by atoms with Crippen molar-refractivity contribution in [3.8, 4) is 0 Å². The maximum absolute atomic E-state index is 11.1. The highest BCUT2D eigenvalue weighted by atomic mass is 16.4. The van der Waals surface area contributed by atoms with Crippen LogP contribution in [0.25, 0.3) is 5.65 Å². The summed E-state index contributed by atoms with van der Waals surface area (Å²) >= 11 is 0. The maximum atomic E-state index is 11.1. The second-order valence-corrected chi connectivity index (χ2v) is 4.08. The van der Waals surface area contributed by atoms with E-state index in [-0.39, 0.29) is 5.69 Å². The van der Waals surface area contributed by atoms with Crippen LogP contribution in [0.2, 0.25) is 0 Å². The van der Waals surface area contributed by atoms with Crippen molar-refractivity contribution in [2.75, 3.05) is 19.0 Å².